The lowest BCUT2D eigenvalue weighted by Gasteiger charge is -2.08. The van der Waals surface area contributed by atoms with Crippen molar-refractivity contribution in [1.29, 1.82) is 5.26 Å². The molecule has 6 heteroatoms. The van der Waals surface area contributed by atoms with Crippen LogP contribution in [0, 0.1) is 11.3 Å². The normalized spacial score (nSPS) is 10.2. The fourth-order valence-corrected chi connectivity index (χ4v) is 1.84. The van der Waals surface area contributed by atoms with Crippen LogP contribution in [-0.4, -0.2) is 26.7 Å². The van der Waals surface area contributed by atoms with Crippen molar-refractivity contribution < 1.29 is 9.84 Å². The van der Waals surface area contributed by atoms with Crippen LogP contribution in [0.3, 0.4) is 0 Å². The number of ether oxygens (including phenoxy) is 1. The van der Waals surface area contributed by atoms with Gasteiger partial charge in [0.15, 0.2) is 5.69 Å². The molecular weight excluding hydrogens is 256 g/mol. The minimum Gasteiger partial charge on any atom is -0.487 e. The fraction of sp³-hybridized carbons (Fsp3) is 0.357. The van der Waals surface area contributed by atoms with E-state index in [0.717, 1.165) is 12.2 Å². The number of rotatable bonds is 6. The zero-order valence-corrected chi connectivity index (χ0v) is 11.3. The van der Waals surface area contributed by atoms with E-state index in [2.05, 4.69) is 17.2 Å². The Bertz CT molecular complexity index is 616. The third kappa shape index (κ3) is 3.13. The lowest BCUT2D eigenvalue weighted by atomic mass is 10.2. The number of aliphatic hydroxyl groups excluding tert-OH is 1. The van der Waals surface area contributed by atoms with Crippen LogP contribution >= 0.6 is 0 Å². The molecule has 0 aliphatic rings. The van der Waals surface area contributed by atoms with Gasteiger partial charge in [0.1, 0.15) is 24.1 Å². The summed E-state index contributed by atoms with van der Waals surface area (Å²) < 4.78 is 7.18. The monoisotopic (exact) mass is 272 g/mol. The van der Waals surface area contributed by atoms with Gasteiger partial charge in [0.05, 0.1) is 13.2 Å². The highest BCUT2D eigenvalue weighted by Crippen LogP contribution is 2.16. The molecule has 1 heterocycles. The number of hydrogen-bond acceptors (Lipinski definition) is 5. The second kappa shape index (κ2) is 6.68. The maximum atomic E-state index is 9.00. The van der Waals surface area contributed by atoms with E-state index in [-0.39, 0.29) is 18.9 Å². The van der Waals surface area contributed by atoms with Gasteiger partial charge in [-0.15, -0.1) is 5.10 Å². The summed E-state index contributed by atoms with van der Waals surface area (Å²) in [4.78, 5) is 0. The van der Waals surface area contributed by atoms with Crippen molar-refractivity contribution in [3.8, 4) is 11.8 Å². The minimum absolute atomic E-state index is 0.0629. The SMILES string of the molecule is CCc1cccc(OCc2c(C#N)nnn2CCO)c1. The van der Waals surface area contributed by atoms with E-state index in [1.54, 1.807) is 0 Å². The molecule has 0 radical (unpaired) electrons. The summed E-state index contributed by atoms with van der Waals surface area (Å²) in [7, 11) is 0. The number of nitriles is 1. The molecule has 0 fully saturated rings. The van der Waals surface area contributed by atoms with Gasteiger partial charge in [-0.05, 0) is 24.1 Å². The largest absolute Gasteiger partial charge is 0.487 e. The van der Waals surface area contributed by atoms with E-state index in [1.165, 1.54) is 10.2 Å². The second-order valence-electron chi connectivity index (χ2n) is 4.23. The number of nitrogens with zero attached hydrogens (tertiary/aromatic N) is 4. The molecule has 0 bridgehead atoms. The van der Waals surface area contributed by atoms with Crippen molar-refractivity contribution in [2.45, 2.75) is 26.5 Å². The highest BCUT2D eigenvalue weighted by Gasteiger charge is 2.13. The molecule has 1 aromatic heterocycles. The van der Waals surface area contributed by atoms with Gasteiger partial charge >= 0.3 is 0 Å². The molecule has 0 amide bonds. The second-order valence-corrected chi connectivity index (χ2v) is 4.23. The third-order valence-corrected chi connectivity index (χ3v) is 2.94. The molecule has 1 aromatic carbocycles. The van der Waals surface area contributed by atoms with E-state index in [0.29, 0.717) is 12.2 Å². The molecule has 2 aromatic rings. The Balaban J connectivity index is 2.13. The predicted octanol–water partition coefficient (Wildman–Crippen LogP) is 1.28. The van der Waals surface area contributed by atoms with Crippen LogP contribution in [0.25, 0.3) is 0 Å². The number of aryl methyl sites for hydroxylation is 1. The molecular formula is C14H16N4O2. The Labute approximate surface area is 117 Å². The van der Waals surface area contributed by atoms with E-state index in [9.17, 15) is 0 Å². The molecule has 0 atom stereocenters. The van der Waals surface area contributed by atoms with Gasteiger partial charge in [0.25, 0.3) is 0 Å². The van der Waals surface area contributed by atoms with Crippen molar-refractivity contribution in [1.82, 2.24) is 15.0 Å². The zero-order chi connectivity index (χ0) is 14.4. The zero-order valence-electron chi connectivity index (χ0n) is 11.3. The molecule has 0 unspecified atom stereocenters. The Hall–Kier alpha value is -2.39. The number of benzene rings is 1. The molecule has 1 N–H and O–H groups in total. The Kier molecular flexibility index (Phi) is 4.69. The maximum Gasteiger partial charge on any atom is 0.189 e. The summed E-state index contributed by atoms with van der Waals surface area (Å²) in [6.45, 7) is 2.51. The summed E-state index contributed by atoms with van der Waals surface area (Å²) in [6.07, 6.45) is 0.935. The van der Waals surface area contributed by atoms with Crippen molar-refractivity contribution >= 4 is 0 Å². The first-order valence-electron chi connectivity index (χ1n) is 6.43. The molecule has 0 saturated heterocycles. The van der Waals surface area contributed by atoms with Gasteiger partial charge in [-0.2, -0.15) is 5.26 Å². The van der Waals surface area contributed by atoms with Crippen molar-refractivity contribution in [3.63, 3.8) is 0 Å². The molecule has 104 valence electrons. The van der Waals surface area contributed by atoms with Crippen LogP contribution in [0.15, 0.2) is 24.3 Å². The molecule has 6 nitrogen and oxygen atoms in total. The summed E-state index contributed by atoms with van der Waals surface area (Å²) in [5.41, 5.74) is 1.98. The van der Waals surface area contributed by atoms with Crippen molar-refractivity contribution in [2.75, 3.05) is 6.61 Å². The van der Waals surface area contributed by atoms with Crippen molar-refractivity contribution in [2.24, 2.45) is 0 Å². The number of aromatic nitrogens is 3. The Morgan fingerprint density at radius 2 is 2.30 bits per heavy atom. The smallest absolute Gasteiger partial charge is 0.189 e. The molecule has 2 rings (SSSR count). The van der Waals surface area contributed by atoms with Crippen LogP contribution in [0.2, 0.25) is 0 Å². The topological polar surface area (TPSA) is 84.0 Å². The molecule has 0 saturated carbocycles. The summed E-state index contributed by atoms with van der Waals surface area (Å²) in [5.74, 6) is 0.741. The molecule has 20 heavy (non-hydrogen) atoms. The summed E-state index contributed by atoms with van der Waals surface area (Å²) in [5, 5.41) is 25.5. The van der Waals surface area contributed by atoms with E-state index >= 15 is 0 Å². The summed E-state index contributed by atoms with van der Waals surface area (Å²) in [6, 6.07) is 9.77. The predicted molar refractivity (Wildman–Crippen MR) is 72.0 cm³/mol. The average Bonchev–Trinajstić information content (AvgIpc) is 2.88. The van der Waals surface area contributed by atoms with Crippen LogP contribution in [0.5, 0.6) is 5.75 Å². The Morgan fingerprint density at radius 3 is 3.00 bits per heavy atom. The van der Waals surface area contributed by atoms with E-state index in [4.69, 9.17) is 15.1 Å². The first-order chi connectivity index (χ1) is 9.78. The van der Waals surface area contributed by atoms with Crippen molar-refractivity contribution in [3.05, 3.63) is 41.2 Å². The fourth-order valence-electron chi connectivity index (χ4n) is 1.84. The van der Waals surface area contributed by atoms with E-state index in [1.807, 2.05) is 30.3 Å². The van der Waals surface area contributed by atoms with Gasteiger partial charge in [-0.25, -0.2) is 4.68 Å². The lowest BCUT2D eigenvalue weighted by molar-refractivity contribution is 0.252. The summed E-state index contributed by atoms with van der Waals surface area (Å²) >= 11 is 0. The standard InChI is InChI=1S/C14H16N4O2/c1-2-11-4-3-5-12(8-11)20-10-14-13(9-15)16-17-18(14)6-7-19/h3-5,8,19H,2,6-7,10H2,1H3. The van der Waals surface area contributed by atoms with Crippen LogP contribution in [0.4, 0.5) is 0 Å². The average molecular weight is 272 g/mol. The molecule has 0 aliphatic heterocycles. The van der Waals surface area contributed by atoms with Gasteiger partial charge in [-0.1, -0.05) is 24.3 Å². The lowest BCUT2D eigenvalue weighted by Crippen LogP contribution is -2.11. The number of hydrogen-bond donors (Lipinski definition) is 1. The highest BCUT2D eigenvalue weighted by molar-refractivity contribution is 5.29. The van der Waals surface area contributed by atoms with Gasteiger partial charge in [0, 0.05) is 0 Å². The number of aliphatic hydroxyl groups is 1. The van der Waals surface area contributed by atoms with Gasteiger partial charge in [0.2, 0.25) is 0 Å². The van der Waals surface area contributed by atoms with E-state index < -0.39 is 0 Å². The molecule has 0 spiro atoms. The van der Waals surface area contributed by atoms with Crippen LogP contribution in [0.1, 0.15) is 23.9 Å². The third-order valence-electron chi connectivity index (χ3n) is 2.94. The maximum absolute atomic E-state index is 9.00. The Morgan fingerprint density at radius 1 is 1.45 bits per heavy atom. The van der Waals surface area contributed by atoms with Crippen LogP contribution in [-0.2, 0) is 19.6 Å². The first kappa shape index (κ1) is 14.0. The molecule has 0 aliphatic carbocycles. The highest BCUT2D eigenvalue weighted by atomic mass is 16.5. The minimum atomic E-state index is -0.0629. The van der Waals surface area contributed by atoms with Crippen LogP contribution < -0.4 is 4.74 Å². The first-order valence-corrected chi connectivity index (χ1v) is 6.43. The van der Waals surface area contributed by atoms with Gasteiger partial charge in [-0.3, -0.25) is 0 Å². The quantitative estimate of drug-likeness (QED) is 0.856. The van der Waals surface area contributed by atoms with Gasteiger partial charge < -0.3 is 9.84 Å².